The van der Waals surface area contributed by atoms with Crippen LogP contribution in [0.1, 0.15) is 21.2 Å². The van der Waals surface area contributed by atoms with E-state index in [-0.39, 0.29) is 11.5 Å². The van der Waals surface area contributed by atoms with Gasteiger partial charge in [-0.2, -0.15) is 0 Å². The molecule has 0 atom stereocenters. The van der Waals surface area contributed by atoms with Crippen LogP contribution in [0.3, 0.4) is 0 Å². The minimum absolute atomic E-state index is 0.123. The topological polar surface area (TPSA) is 83.0 Å². The molecule has 2 N–H and O–H groups in total. The monoisotopic (exact) mass is 252 g/mol. The molecule has 0 amide bonds. The van der Waals surface area contributed by atoms with Crippen molar-refractivity contribution in [3.63, 3.8) is 0 Å². The predicted octanol–water partition coefficient (Wildman–Crippen LogP) is 1.31. The zero-order chi connectivity index (χ0) is 12.6. The second-order valence-electron chi connectivity index (χ2n) is 3.47. The zero-order valence-corrected chi connectivity index (χ0v) is 10.5. The van der Waals surface area contributed by atoms with Gasteiger partial charge in [-0.05, 0) is 13.8 Å². The Hall–Kier alpha value is -1.89. The second-order valence-corrected chi connectivity index (χ2v) is 4.69. The Morgan fingerprint density at radius 1 is 1.53 bits per heavy atom. The maximum atomic E-state index is 11.4. The van der Waals surface area contributed by atoms with E-state index in [9.17, 15) is 4.79 Å². The third kappa shape index (κ3) is 1.89. The number of nitrogens with two attached hydrogens (primary N) is 1. The molecule has 0 radical (unpaired) electrons. The van der Waals surface area contributed by atoms with Crippen LogP contribution in [0.25, 0.3) is 5.13 Å². The molecule has 0 spiro atoms. The van der Waals surface area contributed by atoms with Gasteiger partial charge in [0.15, 0.2) is 10.8 Å². The van der Waals surface area contributed by atoms with E-state index >= 15 is 0 Å². The van der Waals surface area contributed by atoms with Gasteiger partial charge in [0.25, 0.3) is 0 Å². The molecule has 0 fully saturated rings. The standard InChI is InChI=1S/C10H12N4O2S/c1-5-4-12-10(17-5)14-6(2)13-7(8(14)11)9(15)16-3/h4H,11H2,1-3H3. The van der Waals surface area contributed by atoms with Crippen LogP contribution in [0.4, 0.5) is 5.82 Å². The molecule has 0 saturated carbocycles. The molecule has 2 heterocycles. The van der Waals surface area contributed by atoms with E-state index < -0.39 is 5.97 Å². The Bertz CT molecular complexity index is 573. The fourth-order valence-electron chi connectivity index (χ4n) is 1.48. The van der Waals surface area contributed by atoms with E-state index in [2.05, 4.69) is 14.7 Å². The van der Waals surface area contributed by atoms with E-state index in [0.717, 1.165) is 4.88 Å². The number of anilines is 1. The first-order valence-electron chi connectivity index (χ1n) is 4.90. The number of esters is 1. The van der Waals surface area contributed by atoms with Crippen molar-refractivity contribution in [2.75, 3.05) is 12.8 Å². The van der Waals surface area contributed by atoms with Crippen LogP contribution in [-0.4, -0.2) is 27.6 Å². The Morgan fingerprint density at radius 2 is 2.24 bits per heavy atom. The van der Waals surface area contributed by atoms with Crippen molar-refractivity contribution in [2.24, 2.45) is 0 Å². The lowest BCUT2D eigenvalue weighted by molar-refractivity contribution is 0.0596. The van der Waals surface area contributed by atoms with Gasteiger partial charge < -0.3 is 10.5 Å². The first kappa shape index (κ1) is 11.6. The highest BCUT2D eigenvalue weighted by Crippen LogP contribution is 2.24. The normalized spacial score (nSPS) is 10.5. The first-order chi connectivity index (χ1) is 8.04. The number of hydrogen-bond donors (Lipinski definition) is 1. The number of ether oxygens (including phenoxy) is 1. The summed E-state index contributed by atoms with van der Waals surface area (Å²) in [7, 11) is 1.30. The molecule has 2 rings (SSSR count). The predicted molar refractivity (Wildman–Crippen MR) is 64.5 cm³/mol. The SMILES string of the molecule is COC(=O)c1nc(C)n(-c2ncc(C)s2)c1N. The summed E-state index contributed by atoms with van der Waals surface area (Å²) in [6, 6.07) is 0. The number of methoxy groups -OCH3 is 1. The summed E-state index contributed by atoms with van der Waals surface area (Å²) in [5.41, 5.74) is 6.01. The third-order valence-corrected chi connectivity index (χ3v) is 3.16. The summed E-state index contributed by atoms with van der Waals surface area (Å²) in [6.45, 7) is 3.71. The van der Waals surface area contributed by atoms with Gasteiger partial charge >= 0.3 is 5.97 Å². The Labute approximate surface area is 102 Å². The summed E-state index contributed by atoms with van der Waals surface area (Å²) in [6.07, 6.45) is 1.75. The fourth-order valence-corrected chi connectivity index (χ4v) is 2.30. The number of aryl methyl sites for hydroxylation is 2. The van der Waals surface area contributed by atoms with Gasteiger partial charge in [0.1, 0.15) is 11.6 Å². The molecular formula is C10H12N4O2S. The van der Waals surface area contributed by atoms with E-state index in [1.54, 1.807) is 17.7 Å². The minimum atomic E-state index is -0.544. The number of imidazole rings is 1. The van der Waals surface area contributed by atoms with E-state index in [4.69, 9.17) is 5.73 Å². The first-order valence-corrected chi connectivity index (χ1v) is 5.72. The zero-order valence-electron chi connectivity index (χ0n) is 9.72. The molecule has 0 aliphatic heterocycles. The molecule has 2 aromatic rings. The van der Waals surface area contributed by atoms with Crippen LogP contribution >= 0.6 is 11.3 Å². The highest BCUT2D eigenvalue weighted by atomic mass is 32.1. The highest BCUT2D eigenvalue weighted by molar-refractivity contribution is 7.14. The quantitative estimate of drug-likeness (QED) is 0.815. The van der Waals surface area contributed by atoms with Gasteiger partial charge in [-0.15, -0.1) is 11.3 Å². The van der Waals surface area contributed by atoms with Crippen molar-refractivity contribution in [2.45, 2.75) is 13.8 Å². The molecule has 6 nitrogen and oxygen atoms in total. The van der Waals surface area contributed by atoms with Crippen molar-refractivity contribution in [3.8, 4) is 5.13 Å². The van der Waals surface area contributed by atoms with Crippen molar-refractivity contribution < 1.29 is 9.53 Å². The minimum Gasteiger partial charge on any atom is -0.464 e. The lowest BCUT2D eigenvalue weighted by Gasteiger charge is -2.02. The number of carbonyl (C=O) groups excluding carboxylic acids is 1. The van der Waals surface area contributed by atoms with E-state index in [1.807, 2.05) is 6.92 Å². The van der Waals surface area contributed by atoms with Gasteiger partial charge in [0, 0.05) is 11.1 Å². The van der Waals surface area contributed by atoms with Crippen LogP contribution in [0.5, 0.6) is 0 Å². The smallest absolute Gasteiger partial charge is 0.360 e. The molecule has 0 saturated heterocycles. The van der Waals surface area contributed by atoms with Crippen molar-refractivity contribution in [3.05, 3.63) is 22.6 Å². The molecule has 0 bridgehead atoms. The molecule has 2 aromatic heterocycles. The maximum Gasteiger partial charge on any atom is 0.360 e. The molecule has 0 aromatic carbocycles. The molecule has 17 heavy (non-hydrogen) atoms. The lowest BCUT2D eigenvalue weighted by atomic mass is 10.4. The van der Waals surface area contributed by atoms with Crippen LogP contribution in [0, 0.1) is 13.8 Å². The van der Waals surface area contributed by atoms with Crippen LogP contribution in [-0.2, 0) is 4.74 Å². The van der Waals surface area contributed by atoms with Crippen LogP contribution < -0.4 is 5.73 Å². The largest absolute Gasteiger partial charge is 0.464 e. The summed E-state index contributed by atoms with van der Waals surface area (Å²) in [5.74, 6) is 0.318. The molecule has 0 aliphatic rings. The summed E-state index contributed by atoms with van der Waals surface area (Å²) in [5, 5.41) is 0.695. The third-order valence-electron chi connectivity index (χ3n) is 2.26. The van der Waals surface area contributed by atoms with Gasteiger partial charge in [-0.1, -0.05) is 0 Å². The van der Waals surface area contributed by atoms with Crippen molar-refractivity contribution in [1.29, 1.82) is 0 Å². The van der Waals surface area contributed by atoms with Crippen LogP contribution in [0.15, 0.2) is 6.20 Å². The van der Waals surface area contributed by atoms with Gasteiger partial charge in [0.2, 0.25) is 0 Å². The maximum absolute atomic E-state index is 11.4. The van der Waals surface area contributed by atoms with E-state index in [0.29, 0.717) is 11.0 Å². The second kappa shape index (κ2) is 4.17. The van der Waals surface area contributed by atoms with E-state index in [1.165, 1.54) is 18.4 Å². The number of rotatable bonds is 2. The number of carbonyl (C=O) groups is 1. The summed E-state index contributed by atoms with van der Waals surface area (Å²) >= 11 is 1.48. The molecular weight excluding hydrogens is 240 g/mol. The number of nitrogen functional groups attached to an aromatic ring is 1. The van der Waals surface area contributed by atoms with Crippen molar-refractivity contribution in [1.82, 2.24) is 14.5 Å². The number of hydrogen-bond acceptors (Lipinski definition) is 6. The Balaban J connectivity index is 2.56. The van der Waals surface area contributed by atoms with Crippen molar-refractivity contribution >= 4 is 23.1 Å². The number of nitrogens with zero attached hydrogens (tertiary/aromatic N) is 3. The average molecular weight is 252 g/mol. The Morgan fingerprint density at radius 3 is 2.76 bits per heavy atom. The van der Waals surface area contributed by atoms with Gasteiger partial charge in [0.05, 0.1) is 7.11 Å². The molecule has 90 valence electrons. The fraction of sp³-hybridized carbons (Fsp3) is 0.300. The van der Waals surface area contributed by atoms with Gasteiger partial charge in [-0.3, -0.25) is 4.57 Å². The summed E-state index contributed by atoms with van der Waals surface area (Å²) in [4.78, 5) is 20.8. The number of thiazole rings is 1. The Kier molecular flexibility index (Phi) is 2.84. The van der Waals surface area contributed by atoms with Gasteiger partial charge in [-0.25, -0.2) is 14.8 Å². The average Bonchev–Trinajstić information content (AvgIpc) is 2.82. The number of aromatic nitrogens is 3. The molecule has 0 aliphatic carbocycles. The molecule has 0 unspecified atom stereocenters. The molecule has 7 heteroatoms. The summed E-state index contributed by atoms with van der Waals surface area (Å²) < 4.78 is 6.26. The van der Waals surface area contributed by atoms with Crippen LogP contribution in [0.2, 0.25) is 0 Å². The highest BCUT2D eigenvalue weighted by Gasteiger charge is 2.21. The lowest BCUT2D eigenvalue weighted by Crippen LogP contribution is -2.07.